The molecule has 14 heavy (non-hydrogen) atoms. The topological polar surface area (TPSA) is 49.4 Å². The Bertz CT molecular complexity index is 279. The minimum absolute atomic E-state index is 0.347. The van der Waals surface area contributed by atoms with Crippen molar-refractivity contribution in [2.45, 2.75) is 32.1 Å². The van der Waals surface area contributed by atoms with Gasteiger partial charge in [-0.3, -0.25) is 0 Å². The SMILES string of the molecule is O=S(=O)(CC1CCC1)N1CCCCN1. The van der Waals surface area contributed by atoms with Crippen LogP contribution in [-0.2, 0) is 10.0 Å². The van der Waals surface area contributed by atoms with Crippen LogP contribution in [0.15, 0.2) is 0 Å². The van der Waals surface area contributed by atoms with Gasteiger partial charge in [-0.15, -0.1) is 4.41 Å². The number of hydrazine groups is 1. The molecule has 0 aromatic rings. The van der Waals surface area contributed by atoms with Gasteiger partial charge in [-0.2, -0.15) is 0 Å². The average Bonchev–Trinajstić information content (AvgIpc) is 2.13. The van der Waals surface area contributed by atoms with Crippen LogP contribution in [0.4, 0.5) is 0 Å². The second kappa shape index (κ2) is 4.16. The van der Waals surface area contributed by atoms with Crippen LogP contribution in [0.1, 0.15) is 32.1 Å². The Kier molecular flexibility index (Phi) is 3.09. The summed E-state index contributed by atoms with van der Waals surface area (Å²) in [7, 11) is -3.02. The van der Waals surface area contributed by atoms with Crippen LogP contribution in [0.3, 0.4) is 0 Å². The minimum Gasteiger partial charge on any atom is -0.241 e. The van der Waals surface area contributed by atoms with Crippen LogP contribution in [0.2, 0.25) is 0 Å². The second-order valence-corrected chi connectivity index (χ2v) is 6.20. The van der Waals surface area contributed by atoms with E-state index in [9.17, 15) is 8.42 Å². The second-order valence-electron chi connectivity index (χ2n) is 4.26. The molecule has 0 radical (unpaired) electrons. The van der Waals surface area contributed by atoms with Crippen LogP contribution >= 0.6 is 0 Å². The summed E-state index contributed by atoms with van der Waals surface area (Å²) < 4.78 is 25.2. The molecule has 1 saturated carbocycles. The van der Waals surface area contributed by atoms with E-state index in [1.165, 1.54) is 10.8 Å². The van der Waals surface area contributed by atoms with E-state index in [1.54, 1.807) is 0 Å². The Morgan fingerprint density at radius 2 is 2.00 bits per heavy atom. The van der Waals surface area contributed by atoms with Gasteiger partial charge in [0.1, 0.15) is 0 Å². The van der Waals surface area contributed by atoms with E-state index in [-0.39, 0.29) is 0 Å². The molecule has 0 atom stereocenters. The minimum atomic E-state index is -3.02. The predicted octanol–water partition coefficient (Wildman–Crippen LogP) is 0.717. The molecule has 0 amide bonds. The third kappa shape index (κ3) is 2.27. The van der Waals surface area contributed by atoms with Crippen LogP contribution in [0.25, 0.3) is 0 Å². The number of sulfonamides is 1. The highest BCUT2D eigenvalue weighted by Crippen LogP contribution is 2.28. The van der Waals surface area contributed by atoms with E-state index < -0.39 is 10.0 Å². The summed E-state index contributed by atoms with van der Waals surface area (Å²) in [6, 6.07) is 0. The Hall–Kier alpha value is -0.130. The first-order valence-corrected chi connectivity index (χ1v) is 7.03. The summed E-state index contributed by atoms with van der Waals surface area (Å²) in [4.78, 5) is 0. The highest BCUT2D eigenvalue weighted by atomic mass is 32.2. The smallest absolute Gasteiger partial charge is 0.227 e. The largest absolute Gasteiger partial charge is 0.241 e. The lowest BCUT2D eigenvalue weighted by molar-refractivity contribution is 0.260. The summed E-state index contributed by atoms with van der Waals surface area (Å²) in [5, 5.41) is 0. The average molecular weight is 218 g/mol. The first-order valence-electron chi connectivity index (χ1n) is 5.42. The van der Waals surface area contributed by atoms with Crippen molar-refractivity contribution in [3.8, 4) is 0 Å². The summed E-state index contributed by atoms with van der Waals surface area (Å²) in [5.74, 6) is 0.767. The fraction of sp³-hybridized carbons (Fsp3) is 1.00. The van der Waals surface area contributed by atoms with E-state index >= 15 is 0 Å². The highest BCUT2D eigenvalue weighted by molar-refractivity contribution is 7.89. The van der Waals surface area contributed by atoms with Crippen molar-refractivity contribution in [1.29, 1.82) is 0 Å². The van der Waals surface area contributed by atoms with E-state index in [2.05, 4.69) is 5.43 Å². The number of rotatable bonds is 3. The Balaban J connectivity index is 1.91. The molecule has 1 saturated heterocycles. The van der Waals surface area contributed by atoms with Gasteiger partial charge in [-0.25, -0.2) is 13.8 Å². The molecule has 1 aliphatic carbocycles. The van der Waals surface area contributed by atoms with Gasteiger partial charge in [0, 0.05) is 13.1 Å². The zero-order chi connectivity index (χ0) is 10.0. The number of nitrogens with one attached hydrogen (secondary N) is 1. The van der Waals surface area contributed by atoms with Gasteiger partial charge in [0.25, 0.3) is 0 Å². The fourth-order valence-corrected chi connectivity index (χ4v) is 3.75. The molecule has 1 N–H and O–H groups in total. The maximum Gasteiger partial charge on any atom is 0.227 e. The standard InChI is InChI=1S/C9H18N2O2S/c12-14(13,8-9-4-3-5-9)11-7-2-1-6-10-11/h9-10H,1-8H2. The predicted molar refractivity (Wildman–Crippen MR) is 55.1 cm³/mol. The van der Waals surface area contributed by atoms with Gasteiger partial charge in [-0.1, -0.05) is 6.42 Å². The summed E-state index contributed by atoms with van der Waals surface area (Å²) >= 11 is 0. The molecule has 1 aliphatic heterocycles. The van der Waals surface area contributed by atoms with E-state index in [0.29, 0.717) is 18.2 Å². The molecule has 2 rings (SSSR count). The highest BCUT2D eigenvalue weighted by Gasteiger charge is 2.29. The molecule has 2 fully saturated rings. The maximum absolute atomic E-state index is 11.9. The van der Waals surface area contributed by atoms with Crippen LogP contribution in [-0.4, -0.2) is 31.7 Å². The summed E-state index contributed by atoms with van der Waals surface area (Å²) in [6.07, 6.45) is 5.44. The third-order valence-electron chi connectivity index (χ3n) is 3.08. The third-order valence-corrected chi connectivity index (χ3v) is 4.96. The summed E-state index contributed by atoms with van der Waals surface area (Å²) in [6.45, 7) is 1.44. The van der Waals surface area contributed by atoms with Crippen LogP contribution in [0, 0.1) is 5.92 Å². The first-order chi connectivity index (χ1) is 6.68. The molecule has 0 bridgehead atoms. The van der Waals surface area contributed by atoms with Gasteiger partial charge < -0.3 is 0 Å². The van der Waals surface area contributed by atoms with Gasteiger partial charge in [-0.05, 0) is 31.6 Å². The molecule has 0 aromatic carbocycles. The lowest BCUT2D eigenvalue weighted by Crippen LogP contribution is -2.49. The molecule has 4 nitrogen and oxygen atoms in total. The monoisotopic (exact) mass is 218 g/mol. The molecule has 1 heterocycles. The quantitative estimate of drug-likeness (QED) is 0.759. The van der Waals surface area contributed by atoms with E-state index in [0.717, 1.165) is 32.2 Å². The molecule has 2 aliphatic rings. The van der Waals surface area contributed by atoms with E-state index in [4.69, 9.17) is 0 Å². The van der Waals surface area contributed by atoms with Crippen molar-refractivity contribution >= 4 is 10.0 Å². The van der Waals surface area contributed by atoms with Gasteiger partial charge in [0.15, 0.2) is 0 Å². The van der Waals surface area contributed by atoms with Crippen LogP contribution in [0.5, 0.6) is 0 Å². The molecule has 0 unspecified atom stereocenters. The molecule has 0 spiro atoms. The molecule has 0 aromatic heterocycles. The molecular formula is C9H18N2O2S. The van der Waals surface area contributed by atoms with Crippen molar-refractivity contribution in [2.24, 2.45) is 5.92 Å². The van der Waals surface area contributed by atoms with Crippen molar-refractivity contribution in [1.82, 2.24) is 9.84 Å². The number of hydrogen-bond acceptors (Lipinski definition) is 3. The van der Waals surface area contributed by atoms with Gasteiger partial charge >= 0.3 is 0 Å². The molecule has 82 valence electrons. The molecular weight excluding hydrogens is 200 g/mol. The van der Waals surface area contributed by atoms with E-state index in [1.807, 2.05) is 0 Å². The van der Waals surface area contributed by atoms with Crippen LogP contribution < -0.4 is 5.43 Å². The lowest BCUT2D eigenvalue weighted by atomic mass is 9.87. The number of hydrogen-bond donors (Lipinski definition) is 1. The number of nitrogens with zero attached hydrogens (tertiary/aromatic N) is 1. The zero-order valence-electron chi connectivity index (χ0n) is 8.41. The van der Waals surface area contributed by atoms with Crippen molar-refractivity contribution in [2.75, 3.05) is 18.8 Å². The van der Waals surface area contributed by atoms with Gasteiger partial charge in [0.05, 0.1) is 5.75 Å². The lowest BCUT2D eigenvalue weighted by Gasteiger charge is -2.31. The maximum atomic E-state index is 11.9. The van der Waals surface area contributed by atoms with Crippen molar-refractivity contribution in [3.63, 3.8) is 0 Å². The Labute approximate surface area is 85.7 Å². The van der Waals surface area contributed by atoms with Gasteiger partial charge in [0.2, 0.25) is 10.0 Å². The normalized spacial score (nSPS) is 26.0. The zero-order valence-corrected chi connectivity index (χ0v) is 9.22. The van der Waals surface area contributed by atoms with Crippen molar-refractivity contribution in [3.05, 3.63) is 0 Å². The fourth-order valence-electron chi connectivity index (χ4n) is 1.95. The summed E-state index contributed by atoms with van der Waals surface area (Å²) in [5.41, 5.74) is 2.96. The Morgan fingerprint density at radius 3 is 2.50 bits per heavy atom. The van der Waals surface area contributed by atoms with Crippen molar-refractivity contribution < 1.29 is 8.42 Å². The Morgan fingerprint density at radius 1 is 1.21 bits per heavy atom. The first kappa shape index (κ1) is 10.4. The molecule has 5 heteroatoms.